The van der Waals surface area contributed by atoms with Crippen LogP contribution in [0.5, 0.6) is 0 Å². The average Bonchev–Trinajstić information content (AvgIpc) is 2.83. The fourth-order valence-corrected chi connectivity index (χ4v) is 5.15. The summed E-state index contributed by atoms with van der Waals surface area (Å²) in [7, 11) is 0. The van der Waals surface area contributed by atoms with Gasteiger partial charge in [-0.25, -0.2) is 9.59 Å². The number of hydrogen-bond acceptors (Lipinski definition) is 5. The molecule has 1 aromatic rings. The lowest BCUT2D eigenvalue weighted by molar-refractivity contribution is -0.130. The van der Waals surface area contributed by atoms with Crippen molar-refractivity contribution in [3.05, 3.63) is 40.5 Å². The number of carbonyl (C=O) groups excluding carboxylic acids is 2. The van der Waals surface area contributed by atoms with E-state index in [2.05, 4.69) is 5.32 Å². The van der Waals surface area contributed by atoms with Crippen molar-refractivity contribution in [2.24, 2.45) is 5.73 Å². The van der Waals surface area contributed by atoms with Crippen LogP contribution >= 0.6 is 0 Å². The van der Waals surface area contributed by atoms with E-state index in [1.54, 1.807) is 0 Å². The third kappa shape index (κ3) is 6.11. The molecular weight excluding hydrogens is 436 g/mol. The number of amides is 1. The molecule has 8 nitrogen and oxygen atoms in total. The Labute approximate surface area is 199 Å². The van der Waals surface area contributed by atoms with Gasteiger partial charge in [-0.3, -0.25) is 9.59 Å². The standard InChI is InChI=1S/C20H21NO6.C6H13N/c22-10-11-6-7-15(20(26)27)17-13(8-9-14(16(11)17)19(24)25)18(23)21-12-4-2-1-3-5-12;7-6-4-2-1-3-5-6/h6-7,9-10,12-13H,1-5,8H2,(H,21,23)(H,24,25)(H,26,27);6H,1-5,7H2. The molecule has 1 unspecified atom stereocenters. The topological polar surface area (TPSA) is 147 Å². The van der Waals surface area contributed by atoms with Gasteiger partial charge in [0.2, 0.25) is 5.91 Å². The first-order valence-electron chi connectivity index (χ1n) is 12.2. The predicted octanol–water partition coefficient (Wildman–Crippen LogP) is 3.88. The molecule has 0 radical (unpaired) electrons. The van der Waals surface area contributed by atoms with Crippen molar-refractivity contribution in [2.75, 3.05) is 0 Å². The second kappa shape index (κ2) is 11.9. The Morgan fingerprint density at radius 1 is 0.912 bits per heavy atom. The molecule has 0 spiro atoms. The highest BCUT2D eigenvalue weighted by atomic mass is 16.4. The van der Waals surface area contributed by atoms with Crippen LogP contribution in [0, 0.1) is 0 Å². The number of carboxylic acid groups (broad SMARTS) is 2. The minimum Gasteiger partial charge on any atom is -0.478 e. The zero-order chi connectivity index (χ0) is 24.7. The van der Waals surface area contributed by atoms with E-state index in [4.69, 9.17) is 5.73 Å². The van der Waals surface area contributed by atoms with Crippen molar-refractivity contribution in [1.29, 1.82) is 0 Å². The number of nitrogens with one attached hydrogen (secondary N) is 1. The Morgan fingerprint density at radius 3 is 2.03 bits per heavy atom. The van der Waals surface area contributed by atoms with Crippen LogP contribution in [0.3, 0.4) is 0 Å². The summed E-state index contributed by atoms with van der Waals surface area (Å²) in [5.74, 6) is -3.68. The van der Waals surface area contributed by atoms with Crippen molar-refractivity contribution >= 4 is 29.7 Å². The van der Waals surface area contributed by atoms with Crippen LogP contribution in [0.15, 0.2) is 18.2 Å². The Balaban J connectivity index is 0.000000396. The Kier molecular flexibility index (Phi) is 8.98. The lowest BCUT2D eigenvalue weighted by Gasteiger charge is -2.29. The van der Waals surface area contributed by atoms with Gasteiger partial charge < -0.3 is 21.3 Å². The minimum absolute atomic E-state index is 0.0347. The SMILES string of the molecule is NC1CCCCC1.O=Cc1ccc(C(=O)O)c2c1C(C(=O)O)=CCC2C(=O)NC1CCCCC1. The van der Waals surface area contributed by atoms with Crippen LogP contribution < -0.4 is 11.1 Å². The van der Waals surface area contributed by atoms with Crippen LogP contribution in [0.2, 0.25) is 0 Å². The molecule has 184 valence electrons. The maximum Gasteiger partial charge on any atom is 0.336 e. The maximum absolute atomic E-state index is 12.9. The fraction of sp³-hybridized carbons (Fsp3) is 0.538. The molecule has 3 aliphatic carbocycles. The van der Waals surface area contributed by atoms with Crippen molar-refractivity contribution in [3.63, 3.8) is 0 Å². The molecule has 0 bridgehead atoms. The van der Waals surface area contributed by atoms with Gasteiger partial charge in [-0.15, -0.1) is 0 Å². The van der Waals surface area contributed by atoms with Gasteiger partial charge in [0.05, 0.1) is 17.1 Å². The largest absolute Gasteiger partial charge is 0.478 e. The first-order chi connectivity index (χ1) is 16.3. The maximum atomic E-state index is 12.9. The molecule has 0 saturated heterocycles. The summed E-state index contributed by atoms with van der Waals surface area (Å²) in [6, 6.07) is 3.13. The molecule has 4 rings (SSSR count). The Morgan fingerprint density at radius 2 is 1.53 bits per heavy atom. The van der Waals surface area contributed by atoms with E-state index >= 15 is 0 Å². The number of benzene rings is 1. The van der Waals surface area contributed by atoms with Crippen LogP contribution in [0.1, 0.15) is 108 Å². The summed E-state index contributed by atoms with van der Waals surface area (Å²) < 4.78 is 0. The second-order valence-electron chi connectivity index (χ2n) is 9.37. The fourth-order valence-electron chi connectivity index (χ4n) is 5.15. The Bertz CT molecular complexity index is 958. The number of carbonyl (C=O) groups is 4. The van der Waals surface area contributed by atoms with Crippen molar-refractivity contribution in [1.82, 2.24) is 5.32 Å². The highest BCUT2D eigenvalue weighted by molar-refractivity contribution is 6.19. The lowest BCUT2D eigenvalue weighted by Crippen LogP contribution is -2.40. The molecule has 0 aliphatic heterocycles. The van der Waals surface area contributed by atoms with Gasteiger partial charge in [0.25, 0.3) is 0 Å². The van der Waals surface area contributed by atoms with E-state index in [0.29, 0.717) is 12.3 Å². The summed E-state index contributed by atoms with van der Waals surface area (Å²) in [4.78, 5) is 47.7. The molecule has 0 heterocycles. The first kappa shape index (κ1) is 25.6. The number of carboxylic acids is 2. The Hall–Kier alpha value is -3.00. The third-order valence-corrected chi connectivity index (χ3v) is 6.96. The van der Waals surface area contributed by atoms with E-state index in [0.717, 1.165) is 32.1 Å². The highest BCUT2D eigenvalue weighted by Gasteiger charge is 2.35. The zero-order valence-corrected chi connectivity index (χ0v) is 19.4. The summed E-state index contributed by atoms with van der Waals surface area (Å²) in [5, 5.41) is 22.0. The number of nitrogens with two attached hydrogens (primary N) is 1. The molecule has 3 aliphatic rings. The van der Waals surface area contributed by atoms with Gasteiger partial charge in [-0.05, 0) is 43.7 Å². The van der Waals surface area contributed by atoms with Crippen LogP contribution in [0.4, 0.5) is 0 Å². The molecule has 1 amide bonds. The molecule has 2 saturated carbocycles. The van der Waals surface area contributed by atoms with Crippen molar-refractivity contribution < 1.29 is 29.4 Å². The zero-order valence-electron chi connectivity index (χ0n) is 19.4. The van der Waals surface area contributed by atoms with Crippen LogP contribution in [-0.4, -0.2) is 46.4 Å². The van der Waals surface area contributed by atoms with Gasteiger partial charge in [0.1, 0.15) is 0 Å². The number of aldehydes is 1. The number of aliphatic carboxylic acids is 1. The van der Waals surface area contributed by atoms with E-state index in [-0.39, 0.29) is 46.2 Å². The molecule has 34 heavy (non-hydrogen) atoms. The number of fused-ring (bicyclic) bond motifs is 1. The molecule has 1 aromatic carbocycles. The average molecular weight is 471 g/mol. The number of aromatic carboxylic acids is 1. The summed E-state index contributed by atoms with van der Waals surface area (Å²) in [6.07, 6.45) is 13.6. The van der Waals surface area contributed by atoms with E-state index in [1.807, 2.05) is 0 Å². The monoisotopic (exact) mass is 470 g/mol. The second-order valence-corrected chi connectivity index (χ2v) is 9.37. The number of allylic oxidation sites excluding steroid dienone is 1. The van der Waals surface area contributed by atoms with E-state index < -0.39 is 17.9 Å². The van der Waals surface area contributed by atoms with Gasteiger partial charge in [0.15, 0.2) is 6.29 Å². The van der Waals surface area contributed by atoms with Gasteiger partial charge in [0, 0.05) is 23.2 Å². The van der Waals surface area contributed by atoms with E-state index in [1.165, 1.54) is 50.3 Å². The minimum atomic E-state index is -1.26. The number of rotatable bonds is 5. The smallest absolute Gasteiger partial charge is 0.336 e. The van der Waals surface area contributed by atoms with E-state index in [9.17, 15) is 29.4 Å². The van der Waals surface area contributed by atoms with Gasteiger partial charge in [-0.1, -0.05) is 50.7 Å². The normalized spacial score (nSPS) is 20.7. The molecule has 5 N–H and O–H groups in total. The number of hydrogen-bond donors (Lipinski definition) is 4. The van der Waals surface area contributed by atoms with Crippen LogP contribution in [0.25, 0.3) is 5.57 Å². The molecule has 0 aromatic heterocycles. The van der Waals surface area contributed by atoms with Gasteiger partial charge >= 0.3 is 11.9 Å². The quantitative estimate of drug-likeness (QED) is 0.478. The van der Waals surface area contributed by atoms with Crippen molar-refractivity contribution in [2.45, 2.75) is 88.6 Å². The predicted molar refractivity (Wildman–Crippen MR) is 128 cm³/mol. The molecule has 2 fully saturated rings. The molecule has 8 heteroatoms. The molecular formula is C26H34N2O6. The third-order valence-electron chi connectivity index (χ3n) is 6.96. The first-order valence-corrected chi connectivity index (χ1v) is 12.2. The summed E-state index contributed by atoms with van der Waals surface area (Å²) >= 11 is 0. The summed E-state index contributed by atoms with van der Waals surface area (Å²) in [6.45, 7) is 0. The van der Waals surface area contributed by atoms with Crippen LogP contribution in [-0.2, 0) is 9.59 Å². The van der Waals surface area contributed by atoms with Gasteiger partial charge in [-0.2, -0.15) is 0 Å². The highest BCUT2D eigenvalue weighted by Crippen LogP contribution is 2.39. The molecule has 1 atom stereocenters. The van der Waals surface area contributed by atoms with Crippen molar-refractivity contribution in [3.8, 4) is 0 Å². The summed E-state index contributed by atoms with van der Waals surface area (Å²) in [5.41, 5.74) is 5.56. The lowest BCUT2D eigenvalue weighted by atomic mass is 9.77.